The van der Waals surface area contributed by atoms with Crippen LogP contribution in [0.25, 0.3) is 0 Å². The summed E-state index contributed by atoms with van der Waals surface area (Å²) in [4.78, 5) is 5.91. The van der Waals surface area contributed by atoms with Gasteiger partial charge in [0.05, 0.1) is 18.0 Å². The van der Waals surface area contributed by atoms with Gasteiger partial charge in [0, 0.05) is 17.0 Å². The molecular weight excluding hydrogens is 334 g/mol. The summed E-state index contributed by atoms with van der Waals surface area (Å²) in [6.07, 6.45) is 6.86. The van der Waals surface area contributed by atoms with Gasteiger partial charge < -0.3 is 10.2 Å². The molecule has 6 heteroatoms. The minimum Gasteiger partial charge on any atom is -0.508 e. The van der Waals surface area contributed by atoms with Crippen molar-refractivity contribution in [1.29, 1.82) is 0 Å². The number of aromatic nitrogens is 1. The maximum atomic E-state index is 10.0. The number of phenolic OH excluding ortho intramolecular Hbond substituents is 2. The average Bonchev–Trinajstić information content (AvgIpc) is 3.27. The Morgan fingerprint density at radius 3 is 2.72 bits per heavy atom. The van der Waals surface area contributed by atoms with E-state index >= 15 is 0 Å². The lowest BCUT2D eigenvalue weighted by atomic mass is 9.96. The molecule has 25 heavy (non-hydrogen) atoms. The number of benzene rings is 1. The summed E-state index contributed by atoms with van der Waals surface area (Å²) in [5.74, 6) is 1.72. The Balaban J connectivity index is 1.65. The van der Waals surface area contributed by atoms with Crippen LogP contribution >= 0.6 is 11.3 Å². The van der Waals surface area contributed by atoms with Gasteiger partial charge in [-0.15, -0.1) is 11.3 Å². The first-order chi connectivity index (χ1) is 12.0. The molecular formula is C19H23N3O2S. The van der Waals surface area contributed by atoms with Crippen molar-refractivity contribution in [3.8, 4) is 11.5 Å². The molecule has 0 radical (unpaired) electrons. The highest BCUT2D eigenvalue weighted by molar-refractivity contribution is 7.07. The number of nitrogens with zero attached hydrogens (tertiary/aromatic N) is 3. The summed E-state index contributed by atoms with van der Waals surface area (Å²) in [5.41, 5.74) is 2.32. The maximum Gasteiger partial charge on any atom is 0.206 e. The topological polar surface area (TPSA) is 70.1 Å². The van der Waals surface area contributed by atoms with Gasteiger partial charge in [-0.2, -0.15) is 5.10 Å². The van der Waals surface area contributed by atoms with Crippen LogP contribution in [0.15, 0.2) is 27.6 Å². The lowest BCUT2D eigenvalue weighted by Crippen LogP contribution is -2.21. The molecule has 3 unspecified atom stereocenters. The number of rotatable bonds is 3. The standard InChI is InChI=1S/C19H23N3O2S/c1-11-5-15(18(24)8-17(11)23)9-20-22-12(2)10-25-19(22)21-16-7-13-3-4-14(16)6-13/h5,8-10,13-14,16,23-24H,3-4,6-7H2,1-2H3/b20-9+,21-19-. The highest BCUT2D eigenvalue weighted by Gasteiger charge is 2.39. The van der Waals surface area contributed by atoms with Gasteiger partial charge in [-0.05, 0) is 56.6 Å². The third-order valence-corrected chi connectivity index (χ3v) is 6.43. The van der Waals surface area contributed by atoms with Crippen LogP contribution in [0.3, 0.4) is 0 Å². The molecule has 5 nitrogen and oxygen atoms in total. The van der Waals surface area contributed by atoms with Crippen LogP contribution in [-0.4, -0.2) is 27.1 Å². The lowest BCUT2D eigenvalue weighted by Gasteiger charge is -2.16. The highest BCUT2D eigenvalue weighted by atomic mass is 32.1. The minimum atomic E-state index is 0.0203. The molecule has 0 aliphatic heterocycles. The number of aryl methyl sites for hydroxylation is 2. The van der Waals surface area contributed by atoms with Gasteiger partial charge in [-0.25, -0.2) is 4.68 Å². The molecule has 0 amide bonds. The first-order valence-corrected chi connectivity index (χ1v) is 9.67. The Morgan fingerprint density at radius 1 is 1.16 bits per heavy atom. The number of hydrogen-bond donors (Lipinski definition) is 2. The number of aromatic hydroxyl groups is 2. The molecule has 3 atom stereocenters. The van der Waals surface area contributed by atoms with Crippen molar-refractivity contribution in [2.75, 3.05) is 0 Å². The van der Waals surface area contributed by atoms with Gasteiger partial charge in [-0.3, -0.25) is 4.99 Å². The van der Waals surface area contributed by atoms with Crippen molar-refractivity contribution in [1.82, 2.24) is 4.68 Å². The summed E-state index contributed by atoms with van der Waals surface area (Å²) in [7, 11) is 0. The first-order valence-electron chi connectivity index (χ1n) is 8.79. The van der Waals surface area contributed by atoms with Gasteiger partial charge >= 0.3 is 0 Å². The average molecular weight is 357 g/mol. The summed E-state index contributed by atoms with van der Waals surface area (Å²) < 4.78 is 1.85. The van der Waals surface area contributed by atoms with Crippen molar-refractivity contribution >= 4 is 17.6 Å². The van der Waals surface area contributed by atoms with E-state index in [0.717, 1.165) is 22.3 Å². The zero-order valence-electron chi connectivity index (χ0n) is 14.5. The quantitative estimate of drug-likeness (QED) is 0.825. The summed E-state index contributed by atoms with van der Waals surface area (Å²) in [6, 6.07) is 3.51. The Morgan fingerprint density at radius 2 is 2.00 bits per heavy atom. The van der Waals surface area contributed by atoms with Gasteiger partial charge in [0.1, 0.15) is 11.5 Å². The molecule has 0 saturated heterocycles. The third-order valence-electron chi connectivity index (χ3n) is 5.48. The fourth-order valence-electron chi connectivity index (χ4n) is 4.06. The molecule has 2 aliphatic rings. The van der Waals surface area contributed by atoms with Crippen molar-refractivity contribution in [3.63, 3.8) is 0 Å². The van der Waals surface area contributed by atoms with E-state index in [2.05, 4.69) is 10.5 Å². The molecule has 2 aromatic rings. The van der Waals surface area contributed by atoms with E-state index in [9.17, 15) is 10.2 Å². The fraction of sp³-hybridized carbons (Fsp3) is 0.474. The number of thiazole rings is 1. The van der Waals surface area contributed by atoms with E-state index in [1.807, 2.05) is 11.6 Å². The zero-order valence-corrected chi connectivity index (χ0v) is 15.3. The number of fused-ring (bicyclic) bond motifs is 2. The van der Waals surface area contributed by atoms with Gasteiger partial charge in [0.2, 0.25) is 4.80 Å². The van der Waals surface area contributed by atoms with E-state index in [-0.39, 0.29) is 11.5 Å². The molecule has 4 rings (SSSR count). The van der Waals surface area contributed by atoms with E-state index in [0.29, 0.717) is 17.2 Å². The second-order valence-electron chi connectivity index (χ2n) is 7.28. The zero-order chi connectivity index (χ0) is 17.6. The van der Waals surface area contributed by atoms with E-state index in [1.165, 1.54) is 31.7 Å². The molecule has 2 bridgehead atoms. The van der Waals surface area contributed by atoms with Crippen molar-refractivity contribution < 1.29 is 10.2 Å². The predicted octanol–water partition coefficient (Wildman–Crippen LogP) is 3.55. The van der Waals surface area contributed by atoms with Crippen LogP contribution in [0.2, 0.25) is 0 Å². The normalized spacial score (nSPS) is 26.2. The van der Waals surface area contributed by atoms with E-state index in [1.54, 1.807) is 30.5 Å². The molecule has 2 N–H and O–H groups in total. The van der Waals surface area contributed by atoms with Crippen LogP contribution in [0.1, 0.15) is 42.5 Å². The van der Waals surface area contributed by atoms with Gasteiger partial charge in [0.15, 0.2) is 0 Å². The smallest absolute Gasteiger partial charge is 0.206 e. The summed E-state index contributed by atoms with van der Waals surface area (Å²) in [5, 5.41) is 26.3. The second-order valence-corrected chi connectivity index (χ2v) is 8.12. The third kappa shape index (κ3) is 3.11. The molecule has 1 aromatic carbocycles. The second kappa shape index (κ2) is 6.33. The highest BCUT2D eigenvalue weighted by Crippen LogP contribution is 2.45. The minimum absolute atomic E-state index is 0.0203. The van der Waals surface area contributed by atoms with Crippen LogP contribution in [0.4, 0.5) is 0 Å². The molecule has 2 aliphatic carbocycles. The van der Waals surface area contributed by atoms with Crippen LogP contribution in [0, 0.1) is 25.7 Å². The van der Waals surface area contributed by atoms with Crippen LogP contribution in [-0.2, 0) is 0 Å². The van der Waals surface area contributed by atoms with Crippen LogP contribution < -0.4 is 4.80 Å². The first kappa shape index (κ1) is 16.4. The fourth-order valence-corrected chi connectivity index (χ4v) is 4.92. The van der Waals surface area contributed by atoms with Crippen molar-refractivity contribution in [3.05, 3.63) is 39.1 Å². The van der Waals surface area contributed by atoms with Gasteiger partial charge in [0.25, 0.3) is 0 Å². The number of hydrogen-bond acceptors (Lipinski definition) is 5. The van der Waals surface area contributed by atoms with E-state index < -0.39 is 0 Å². The Bertz CT molecular complexity index is 897. The summed E-state index contributed by atoms with van der Waals surface area (Å²) >= 11 is 1.62. The SMILES string of the molecule is Cc1cc(/C=N/n2c(C)cs/c2=N\C2CC3CCC2C3)c(O)cc1O. The Hall–Kier alpha value is -2.08. The molecule has 1 heterocycles. The molecule has 132 valence electrons. The van der Waals surface area contributed by atoms with Gasteiger partial charge in [-0.1, -0.05) is 6.42 Å². The molecule has 2 fully saturated rings. The van der Waals surface area contributed by atoms with Crippen molar-refractivity contribution in [2.45, 2.75) is 45.6 Å². The monoisotopic (exact) mass is 357 g/mol. The summed E-state index contributed by atoms with van der Waals surface area (Å²) in [6.45, 7) is 3.81. The largest absolute Gasteiger partial charge is 0.508 e. The molecule has 1 aromatic heterocycles. The predicted molar refractivity (Wildman–Crippen MR) is 99.3 cm³/mol. The maximum absolute atomic E-state index is 10.0. The number of phenols is 2. The van der Waals surface area contributed by atoms with Crippen LogP contribution in [0.5, 0.6) is 11.5 Å². The lowest BCUT2D eigenvalue weighted by molar-refractivity contribution is 0.412. The van der Waals surface area contributed by atoms with Crippen molar-refractivity contribution in [2.24, 2.45) is 21.9 Å². The van der Waals surface area contributed by atoms with E-state index in [4.69, 9.17) is 4.99 Å². The molecule has 2 saturated carbocycles. The Labute approximate surface area is 151 Å². The Kier molecular flexibility index (Phi) is 4.15. The molecule has 0 spiro atoms.